The summed E-state index contributed by atoms with van der Waals surface area (Å²) in [5.74, 6) is -1.38. The SMILES string of the molecule is COc1ccc(S(=O)(=O)N(Cc2ccc3c(c2)OCO3)[C@@H](C(=O)NO)C(=O)C(N)CNC(=O)OCc2ccccc2Cl)cc1. The van der Waals surface area contributed by atoms with Gasteiger partial charge in [0.25, 0.3) is 5.91 Å². The molecule has 5 N–H and O–H groups in total. The van der Waals surface area contributed by atoms with Crippen LogP contribution in [0.2, 0.25) is 5.02 Å². The number of ether oxygens (including phenoxy) is 4. The van der Waals surface area contributed by atoms with Crippen molar-refractivity contribution in [3.63, 3.8) is 0 Å². The lowest BCUT2D eigenvalue weighted by Gasteiger charge is -2.30. The Balaban J connectivity index is 1.59. The summed E-state index contributed by atoms with van der Waals surface area (Å²) in [5.41, 5.74) is 8.24. The first-order valence-corrected chi connectivity index (χ1v) is 14.8. The third-order valence-corrected chi connectivity index (χ3v) is 8.70. The minimum absolute atomic E-state index is 0.0383. The maximum atomic E-state index is 13.9. The van der Waals surface area contributed by atoms with Crippen LogP contribution in [0.4, 0.5) is 4.79 Å². The van der Waals surface area contributed by atoms with Gasteiger partial charge in [-0.2, -0.15) is 4.31 Å². The Kier molecular flexibility index (Phi) is 10.6. The number of methoxy groups -OCH3 is 1. The van der Waals surface area contributed by atoms with Crippen molar-refractivity contribution < 1.29 is 47.0 Å². The van der Waals surface area contributed by atoms with Gasteiger partial charge in [0.05, 0.1) is 18.0 Å². The van der Waals surface area contributed by atoms with Crippen LogP contribution in [0.25, 0.3) is 0 Å². The fraction of sp³-hybridized carbons (Fsp3) is 0.250. The zero-order valence-electron chi connectivity index (χ0n) is 23.3. The van der Waals surface area contributed by atoms with Gasteiger partial charge in [-0.1, -0.05) is 35.9 Å². The van der Waals surface area contributed by atoms with Crippen molar-refractivity contribution in [1.82, 2.24) is 15.1 Å². The second kappa shape index (κ2) is 14.4. The topological polar surface area (TPSA) is 196 Å². The molecule has 0 fully saturated rings. The molecule has 3 aromatic carbocycles. The number of rotatable bonds is 13. The minimum atomic E-state index is -4.61. The van der Waals surface area contributed by atoms with E-state index in [1.165, 1.54) is 49.0 Å². The van der Waals surface area contributed by atoms with Gasteiger partial charge in [0, 0.05) is 23.7 Å². The van der Waals surface area contributed by atoms with Gasteiger partial charge in [0.1, 0.15) is 12.4 Å². The molecule has 44 heavy (non-hydrogen) atoms. The molecule has 0 bridgehead atoms. The Morgan fingerprint density at radius 3 is 2.45 bits per heavy atom. The van der Waals surface area contributed by atoms with Crippen LogP contribution in [-0.4, -0.2) is 68.2 Å². The highest BCUT2D eigenvalue weighted by molar-refractivity contribution is 7.89. The molecule has 1 aliphatic heterocycles. The van der Waals surface area contributed by atoms with E-state index in [0.29, 0.717) is 37.7 Å². The Hall–Kier alpha value is -4.41. The standard InChI is InChI=1S/C28H29ClN4O10S/c1-40-19-7-9-20(10-8-19)44(38,39)33(14-17-6-11-23-24(12-17)43-16-42-23)25(27(35)32-37)26(34)22(30)13-31-28(36)41-15-18-4-2-3-5-21(18)29/h2-12,22,25,37H,13-16,30H2,1H3,(H,31,36)(H,32,35)/t22?,25-/m1/s1. The second-order valence-electron chi connectivity index (χ2n) is 9.35. The number of nitrogens with one attached hydrogen (secondary N) is 2. The Labute approximate surface area is 257 Å². The number of hydrogen-bond acceptors (Lipinski definition) is 11. The molecule has 1 unspecified atom stereocenters. The van der Waals surface area contributed by atoms with Crippen molar-refractivity contribution in [2.45, 2.75) is 30.1 Å². The minimum Gasteiger partial charge on any atom is -0.497 e. The zero-order valence-corrected chi connectivity index (χ0v) is 24.8. The Morgan fingerprint density at radius 1 is 1.07 bits per heavy atom. The predicted octanol–water partition coefficient (Wildman–Crippen LogP) is 1.97. The number of carbonyl (C=O) groups excluding carboxylic acids is 3. The average molecular weight is 649 g/mol. The first-order valence-electron chi connectivity index (χ1n) is 13.0. The van der Waals surface area contributed by atoms with E-state index in [0.717, 1.165) is 0 Å². The molecule has 1 aliphatic rings. The first kappa shape index (κ1) is 32.5. The van der Waals surface area contributed by atoms with Crippen LogP contribution in [0.5, 0.6) is 17.2 Å². The monoisotopic (exact) mass is 648 g/mol. The van der Waals surface area contributed by atoms with Gasteiger partial charge in [0.2, 0.25) is 16.8 Å². The number of hydrogen-bond donors (Lipinski definition) is 4. The molecule has 0 saturated carbocycles. The number of carbonyl (C=O) groups is 3. The summed E-state index contributed by atoms with van der Waals surface area (Å²) in [5, 5.41) is 12.2. The van der Waals surface area contributed by atoms with E-state index in [4.69, 9.17) is 36.3 Å². The van der Waals surface area contributed by atoms with Crippen LogP contribution < -0.4 is 30.7 Å². The maximum absolute atomic E-state index is 13.9. The molecule has 3 aromatic rings. The summed E-state index contributed by atoms with van der Waals surface area (Å²) in [6.45, 7) is -1.26. The molecule has 2 amide bonds. The van der Waals surface area contributed by atoms with E-state index >= 15 is 0 Å². The zero-order chi connectivity index (χ0) is 31.9. The Bertz CT molecular complexity index is 1620. The number of alkyl carbamates (subject to hydrolysis) is 1. The van der Waals surface area contributed by atoms with Crippen LogP contribution in [-0.2, 0) is 37.5 Å². The second-order valence-corrected chi connectivity index (χ2v) is 11.6. The van der Waals surface area contributed by atoms with Crippen molar-refractivity contribution >= 4 is 39.4 Å². The fourth-order valence-corrected chi connectivity index (χ4v) is 5.92. The highest BCUT2D eigenvalue weighted by Crippen LogP contribution is 2.34. The Morgan fingerprint density at radius 2 is 1.77 bits per heavy atom. The summed E-state index contributed by atoms with van der Waals surface area (Å²) in [7, 11) is -3.21. The number of Topliss-reactive ketones (excluding diaryl/α,β-unsaturated/α-hetero) is 1. The molecule has 4 rings (SSSR count). The van der Waals surface area contributed by atoms with Crippen LogP contribution in [0.1, 0.15) is 11.1 Å². The molecular formula is C28H29ClN4O10S. The van der Waals surface area contributed by atoms with E-state index in [2.05, 4.69) is 5.32 Å². The van der Waals surface area contributed by atoms with Crippen molar-refractivity contribution in [3.8, 4) is 17.2 Å². The summed E-state index contributed by atoms with van der Waals surface area (Å²) in [4.78, 5) is 38.5. The van der Waals surface area contributed by atoms with E-state index in [9.17, 15) is 28.0 Å². The lowest BCUT2D eigenvalue weighted by atomic mass is 10.0. The molecular weight excluding hydrogens is 620 g/mol. The predicted molar refractivity (Wildman–Crippen MR) is 155 cm³/mol. The smallest absolute Gasteiger partial charge is 0.407 e. The lowest BCUT2D eigenvalue weighted by molar-refractivity contribution is -0.140. The summed E-state index contributed by atoms with van der Waals surface area (Å²) < 4.78 is 49.4. The van der Waals surface area contributed by atoms with Gasteiger partial charge in [-0.15, -0.1) is 0 Å². The van der Waals surface area contributed by atoms with E-state index < -0.39 is 53.0 Å². The lowest BCUT2D eigenvalue weighted by Crippen LogP contribution is -2.58. The van der Waals surface area contributed by atoms with Crippen LogP contribution in [0.3, 0.4) is 0 Å². The molecule has 16 heteroatoms. The van der Waals surface area contributed by atoms with Gasteiger partial charge >= 0.3 is 6.09 Å². The third kappa shape index (κ3) is 7.56. The molecule has 0 aromatic heterocycles. The molecule has 2 atom stereocenters. The maximum Gasteiger partial charge on any atom is 0.407 e. The number of nitrogens with zero attached hydrogens (tertiary/aromatic N) is 1. The number of hydroxylamine groups is 1. The summed E-state index contributed by atoms with van der Waals surface area (Å²) in [6.07, 6.45) is -0.945. The largest absolute Gasteiger partial charge is 0.497 e. The van der Waals surface area contributed by atoms with Gasteiger partial charge in [-0.05, 0) is 48.0 Å². The molecule has 1 heterocycles. The third-order valence-electron chi connectivity index (χ3n) is 6.51. The molecule has 0 aliphatic carbocycles. The summed E-state index contributed by atoms with van der Waals surface area (Å²) in [6, 6.07) is 12.7. The van der Waals surface area contributed by atoms with Gasteiger partial charge in [0.15, 0.2) is 23.3 Å². The number of ketones is 1. The number of halogens is 1. The van der Waals surface area contributed by atoms with E-state index in [-0.39, 0.29) is 18.3 Å². The number of sulfonamides is 1. The molecule has 0 spiro atoms. The number of nitrogens with two attached hydrogens (primary N) is 1. The highest BCUT2D eigenvalue weighted by atomic mass is 35.5. The summed E-state index contributed by atoms with van der Waals surface area (Å²) >= 11 is 6.06. The van der Waals surface area contributed by atoms with E-state index in [1.54, 1.807) is 30.3 Å². The molecule has 0 radical (unpaired) electrons. The van der Waals surface area contributed by atoms with Gasteiger partial charge in [-0.3, -0.25) is 14.8 Å². The first-order chi connectivity index (χ1) is 21.0. The van der Waals surface area contributed by atoms with Gasteiger partial charge in [-0.25, -0.2) is 18.7 Å². The van der Waals surface area contributed by atoms with Crippen LogP contribution >= 0.6 is 11.6 Å². The van der Waals surface area contributed by atoms with Crippen molar-refractivity contribution in [1.29, 1.82) is 0 Å². The average Bonchev–Trinajstić information content (AvgIpc) is 3.50. The molecule has 14 nitrogen and oxygen atoms in total. The number of fused-ring (bicyclic) bond motifs is 1. The number of benzene rings is 3. The quantitative estimate of drug-likeness (QED) is 0.120. The van der Waals surface area contributed by atoms with Crippen molar-refractivity contribution in [2.24, 2.45) is 5.73 Å². The fourth-order valence-electron chi connectivity index (χ4n) is 4.19. The number of amides is 2. The normalized spacial score (nSPS) is 13.6. The van der Waals surface area contributed by atoms with Crippen LogP contribution in [0, 0.1) is 0 Å². The molecule has 0 saturated heterocycles. The highest BCUT2D eigenvalue weighted by Gasteiger charge is 2.43. The van der Waals surface area contributed by atoms with Gasteiger partial charge < -0.3 is 30.0 Å². The molecule has 234 valence electrons. The van der Waals surface area contributed by atoms with E-state index in [1.807, 2.05) is 0 Å². The van der Waals surface area contributed by atoms with Crippen molar-refractivity contribution in [2.75, 3.05) is 20.4 Å². The van der Waals surface area contributed by atoms with Crippen LogP contribution in [0.15, 0.2) is 71.6 Å². The van der Waals surface area contributed by atoms with Crippen molar-refractivity contribution in [3.05, 3.63) is 82.9 Å².